The summed E-state index contributed by atoms with van der Waals surface area (Å²) in [4.78, 5) is 43.2. The molecule has 1 N–H and O–H groups in total. The second kappa shape index (κ2) is 14.7. The van der Waals surface area contributed by atoms with Crippen molar-refractivity contribution in [3.05, 3.63) is 100 Å². The van der Waals surface area contributed by atoms with Gasteiger partial charge >= 0.3 is 6.03 Å². The van der Waals surface area contributed by atoms with Crippen LogP contribution in [0.4, 0.5) is 4.79 Å². The number of halogens is 2. The van der Waals surface area contributed by atoms with E-state index in [-0.39, 0.29) is 38.0 Å². The summed E-state index contributed by atoms with van der Waals surface area (Å²) in [6.45, 7) is 7.40. The number of allylic oxidation sites excluding steroid dienone is 4. The van der Waals surface area contributed by atoms with Crippen molar-refractivity contribution >= 4 is 41.0 Å². The predicted molar refractivity (Wildman–Crippen MR) is 161 cm³/mol. The van der Waals surface area contributed by atoms with Crippen molar-refractivity contribution < 1.29 is 19.1 Å². The lowest BCUT2D eigenvalue weighted by Gasteiger charge is -2.49. The van der Waals surface area contributed by atoms with Crippen LogP contribution in [0.3, 0.4) is 0 Å². The average Bonchev–Trinajstić information content (AvgIpc) is 2.93. The highest BCUT2D eigenvalue weighted by Crippen LogP contribution is 2.26. The van der Waals surface area contributed by atoms with Gasteiger partial charge < -0.3 is 15.0 Å². The number of methoxy groups -OCH3 is 1. The lowest BCUT2D eigenvalue weighted by molar-refractivity contribution is -0.161. The number of nitrogens with zero attached hydrogens (tertiary/aromatic N) is 4. The second-order valence-corrected chi connectivity index (χ2v) is 10.2. The van der Waals surface area contributed by atoms with Gasteiger partial charge in [0.15, 0.2) is 0 Å². The lowest BCUT2D eigenvalue weighted by atomic mass is 10.1. The van der Waals surface area contributed by atoms with Crippen LogP contribution in [-0.4, -0.2) is 71.1 Å². The van der Waals surface area contributed by atoms with Crippen molar-refractivity contribution in [1.29, 1.82) is 0 Å². The SMILES string of the molecule is C=C/C=C(\C=C/C)N1C(=O)CN(C)N(C(=O)NCc2ccc(OC)cc2)C1CN(Cc1ccc(Cl)cc1Cl)C(C)=O. The zero-order chi connectivity index (χ0) is 30.1. The monoisotopic (exact) mass is 599 g/mol. The number of benzene rings is 2. The van der Waals surface area contributed by atoms with Gasteiger partial charge in [0.1, 0.15) is 11.9 Å². The third kappa shape index (κ3) is 8.13. The molecule has 0 saturated carbocycles. The van der Waals surface area contributed by atoms with E-state index in [9.17, 15) is 14.4 Å². The standard InChI is InChI=1S/C30H35Cl2N5O4/c1-6-8-25(9-7-2)36-28(19-35(21(3)38)18-23-12-13-24(31)16-27(23)32)37(34(4)20-29(36)39)30(40)33-17-22-10-14-26(41-5)15-11-22/h6-16,28H,1,17-20H2,2-5H3,(H,33,40)/b9-7-,25-8+. The summed E-state index contributed by atoms with van der Waals surface area (Å²) in [6.07, 6.45) is 5.94. The molecule has 0 spiro atoms. The molecule has 2 aromatic rings. The van der Waals surface area contributed by atoms with Gasteiger partial charge in [-0.15, -0.1) is 0 Å². The van der Waals surface area contributed by atoms with Crippen molar-refractivity contribution in [2.75, 3.05) is 27.2 Å². The van der Waals surface area contributed by atoms with Crippen molar-refractivity contribution in [2.24, 2.45) is 0 Å². The number of likely N-dealkylation sites (N-methyl/N-ethyl adjacent to an activating group) is 1. The molecule has 1 atom stereocenters. The quantitative estimate of drug-likeness (QED) is 0.378. The van der Waals surface area contributed by atoms with E-state index in [1.165, 1.54) is 16.8 Å². The van der Waals surface area contributed by atoms with E-state index in [0.717, 1.165) is 5.56 Å². The fraction of sp³-hybridized carbons (Fsp3) is 0.300. The molecule has 2 aromatic carbocycles. The molecule has 41 heavy (non-hydrogen) atoms. The number of hydrazine groups is 1. The van der Waals surface area contributed by atoms with Gasteiger partial charge in [-0.05, 0) is 54.5 Å². The first-order chi connectivity index (χ1) is 19.6. The number of nitrogens with one attached hydrogen (secondary N) is 1. The summed E-state index contributed by atoms with van der Waals surface area (Å²) in [6, 6.07) is 12.0. The second-order valence-electron chi connectivity index (χ2n) is 9.37. The van der Waals surface area contributed by atoms with Crippen LogP contribution in [0.2, 0.25) is 10.0 Å². The van der Waals surface area contributed by atoms with E-state index in [0.29, 0.717) is 27.1 Å². The molecule has 4 amide bonds. The Labute approximate surface area is 251 Å². The van der Waals surface area contributed by atoms with Crippen molar-refractivity contribution in [2.45, 2.75) is 33.1 Å². The number of urea groups is 1. The maximum Gasteiger partial charge on any atom is 0.334 e. The largest absolute Gasteiger partial charge is 0.497 e. The molecule has 0 aliphatic carbocycles. The number of amides is 4. The number of ether oxygens (including phenoxy) is 1. The smallest absolute Gasteiger partial charge is 0.334 e. The fourth-order valence-electron chi connectivity index (χ4n) is 4.48. The summed E-state index contributed by atoms with van der Waals surface area (Å²) in [5, 5.41) is 6.85. The number of carbonyl (C=O) groups excluding carboxylic acids is 3. The van der Waals surface area contributed by atoms with Crippen LogP contribution in [0.15, 0.2) is 79.0 Å². The molecule has 0 aromatic heterocycles. The molecule has 1 saturated heterocycles. The molecule has 0 bridgehead atoms. The van der Waals surface area contributed by atoms with E-state index in [2.05, 4.69) is 11.9 Å². The molecular weight excluding hydrogens is 565 g/mol. The molecule has 1 aliphatic heterocycles. The fourth-order valence-corrected chi connectivity index (χ4v) is 4.95. The summed E-state index contributed by atoms with van der Waals surface area (Å²) < 4.78 is 5.21. The zero-order valence-electron chi connectivity index (χ0n) is 23.6. The van der Waals surface area contributed by atoms with E-state index < -0.39 is 12.2 Å². The maximum absolute atomic E-state index is 13.7. The minimum absolute atomic E-state index is 0.00631. The molecule has 218 valence electrons. The molecular formula is C30H35Cl2N5O4. The first-order valence-corrected chi connectivity index (χ1v) is 13.7. The van der Waals surface area contributed by atoms with Crippen LogP contribution >= 0.6 is 23.2 Å². The lowest BCUT2D eigenvalue weighted by Crippen LogP contribution is -2.69. The summed E-state index contributed by atoms with van der Waals surface area (Å²) >= 11 is 12.5. The molecule has 1 fully saturated rings. The van der Waals surface area contributed by atoms with E-state index in [4.69, 9.17) is 27.9 Å². The van der Waals surface area contributed by atoms with Gasteiger partial charge in [-0.2, -0.15) is 0 Å². The molecule has 3 rings (SSSR count). The third-order valence-corrected chi connectivity index (χ3v) is 7.09. The highest BCUT2D eigenvalue weighted by molar-refractivity contribution is 6.35. The first-order valence-electron chi connectivity index (χ1n) is 13.0. The minimum atomic E-state index is -0.880. The first kappa shape index (κ1) is 31.7. The number of rotatable bonds is 10. The summed E-state index contributed by atoms with van der Waals surface area (Å²) in [5.41, 5.74) is 2.08. The topological polar surface area (TPSA) is 85.4 Å². The average molecular weight is 601 g/mol. The van der Waals surface area contributed by atoms with Gasteiger partial charge in [0.2, 0.25) is 11.8 Å². The van der Waals surface area contributed by atoms with Crippen molar-refractivity contribution in [3.8, 4) is 5.75 Å². The Kier molecular flexibility index (Phi) is 11.4. The summed E-state index contributed by atoms with van der Waals surface area (Å²) in [7, 11) is 3.25. The van der Waals surface area contributed by atoms with Gasteiger partial charge in [0.25, 0.3) is 0 Å². The molecule has 9 nitrogen and oxygen atoms in total. The summed E-state index contributed by atoms with van der Waals surface area (Å²) in [5.74, 6) is 0.215. The molecule has 1 unspecified atom stereocenters. The predicted octanol–water partition coefficient (Wildman–Crippen LogP) is 5.22. The van der Waals surface area contributed by atoms with Crippen LogP contribution in [0, 0.1) is 0 Å². The third-order valence-electron chi connectivity index (χ3n) is 6.50. The normalized spacial score (nSPS) is 16.2. The van der Waals surface area contributed by atoms with E-state index in [1.54, 1.807) is 66.6 Å². The molecule has 0 radical (unpaired) electrons. The minimum Gasteiger partial charge on any atom is -0.497 e. The molecule has 11 heteroatoms. The van der Waals surface area contributed by atoms with E-state index >= 15 is 0 Å². The van der Waals surface area contributed by atoms with Crippen molar-refractivity contribution in [1.82, 2.24) is 25.1 Å². The number of carbonyl (C=O) groups is 3. The Hall–Kier alpha value is -3.79. The highest BCUT2D eigenvalue weighted by Gasteiger charge is 2.42. The zero-order valence-corrected chi connectivity index (χ0v) is 25.2. The van der Waals surface area contributed by atoms with Crippen LogP contribution in [-0.2, 0) is 22.7 Å². The van der Waals surface area contributed by atoms with Gasteiger partial charge in [0, 0.05) is 42.8 Å². The Morgan fingerprint density at radius 3 is 2.49 bits per heavy atom. The van der Waals surface area contributed by atoms with Gasteiger partial charge in [0.05, 0.1) is 20.2 Å². The van der Waals surface area contributed by atoms with Crippen LogP contribution in [0.25, 0.3) is 0 Å². The van der Waals surface area contributed by atoms with Crippen LogP contribution < -0.4 is 10.1 Å². The Balaban J connectivity index is 1.99. The maximum atomic E-state index is 13.7. The number of hydrogen-bond acceptors (Lipinski definition) is 5. The number of hydrogen-bond donors (Lipinski definition) is 1. The van der Waals surface area contributed by atoms with Gasteiger partial charge in [-0.3, -0.25) is 14.5 Å². The molecule has 1 aliphatic rings. The van der Waals surface area contributed by atoms with Crippen LogP contribution in [0.1, 0.15) is 25.0 Å². The van der Waals surface area contributed by atoms with E-state index in [1.807, 2.05) is 31.2 Å². The van der Waals surface area contributed by atoms with Gasteiger partial charge in [-0.1, -0.05) is 60.1 Å². The highest BCUT2D eigenvalue weighted by atomic mass is 35.5. The Morgan fingerprint density at radius 2 is 1.90 bits per heavy atom. The Morgan fingerprint density at radius 1 is 1.20 bits per heavy atom. The molecule has 1 heterocycles. The van der Waals surface area contributed by atoms with Crippen LogP contribution in [0.5, 0.6) is 5.75 Å². The van der Waals surface area contributed by atoms with Crippen molar-refractivity contribution in [3.63, 3.8) is 0 Å². The van der Waals surface area contributed by atoms with Gasteiger partial charge in [-0.25, -0.2) is 14.8 Å². The Bertz CT molecular complexity index is 1330.